The Balaban J connectivity index is 1.31. The normalized spacial score (nSPS) is 21.3. The minimum Gasteiger partial charge on any atom is -0.471 e. The predicted molar refractivity (Wildman–Crippen MR) is 137 cm³/mol. The lowest BCUT2D eigenvalue weighted by molar-refractivity contribution is -0.0780. The van der Waals surface area contributed by atoms with Crippen LogP contribution in [0.15, 0.2) is 47.8 Å². The zero-order valence-corrected chi connectivity index (χ0v) is 21.9. The standard InChI is InChI=1S/C26H29F2N5O4S/c1-3-4-16-10-30-26(31-11-16)33-12-17-14-36-15-18(13-33)24(17)37-25-23(28)22(7-8-29-25)32-21-6-5-19(9-20(21)27)38(2,34)35/h5-11,17-18,24H,3-4,12-15H2,1-2H3,(H,29,32). The number of anilines is 3. The molecule has 2 unspecified atom stereocenters. The molecule has 5 rings (SSSR count). The molecule has 1 N–H and O–H groups in total. The first-order valence-electron chi connectivity index (χ1n) is 12.4. The smallest absolute Gasteiger partial charge is 0.252 e. The Morgan fingerprint density at radius 3 is 2.42 bits per heavy atom. The minimum absolute atomic E-state index is 0.0413. The summed E-state index contributed by atoms with van der Waals surface area (Å²) in [6.07, 6.45) is 7.70. The zero-order chi connectivity index (χ0) is 26.9. The van der Waals surface area contributed by atoms with Crippen LogP contribution in [0.3, 0.4) is 0 Å². The fraction of sp³-hybridized carbons (Fsp3) is 0.423. The number of hydrogen-bond donors (Lipinski definition) is 1. The molecule has 2 bridgehead atoms. The molecule has 4 heterocycles. The van der Waals surface area contributed by atoms with E-state index in [2.05, 4.69) is 32.1 Å². The fourth-order valence-corrected chi connectivity index (χ4v) is 5.52. The van der Waals surface area contributed by atoms with Crippen LogP contribution in [0.1, 0.15) is 18.9 Å². The molecular formula is C26H29F2N5O4S. The Bertz CT molecular complexity index is 1390. The van der Waals surface area contributed by atoms with Gasteiger partial charge in [-0.2, -0.15) is 4.39 Å². The summed E-state index contributed by atoms with van der Waals surface area (Å²) >= 11 is 0. The van der Waals surface area contributed by atoms with Gasteiger partial charge in [0.2, 0.25) is 11.8 Å². The van der Waals surface area contributed by atoms with Crippen LogP contribution >= 0.6 is 0 Å². The highest BCUT2D eigenvalue weighted by atomic mass is 32.2. The Kier molecular flexibility index (Phi) is 7.44. The van der Waals surface area contributed by atoms with E-state index in [0.29, 0.717) is 32.3 Å². The van der Waals surface area contributed by atoms with Gasteiger partial charge in [0.1, 0.15) is 11.9 Å². The number of piperidine rings is 1. The van der Waals surface area contributed by atoms with Crippen LogP contribution in [0, 0.1) is 23.5 Å². The molecule has 0 amide bonds. The molecule has 0 saturated carbocycles. The van der Waals surface area contributed by atoms with Crippen LogP contribution in [0.25, 0.3) is 0 Å². The molecule has 2 fully saturated rings. The number of benzene rings is 1. The largest absolute Gasteiger partial charge is 0.471 e. The maximum Gasteiger partial charge on any atom is 0.252 e. The fourth-order valence-electron chi connectivity index (χ4n) is 4.89. The van der Waals surface area contributed by atoms with Crippen LogP contribution in [-0.2, 0) is 21.0 Å². The van der Waals surface area contributed by atoms with E-state index in [-0.39, 0.29) is 40.1 Å². The summed E-state index contributed by atoms with van der Waals surface area (Å²) in [6.45, 7) is 4.18. The molecule has 2 atom stereocenters. The van der Waals surface area contributed by atoms with Crippen molar-refractivity contribution in [1.29, 1.82) is 0 Å². The summed E-state index contributed by atoms with van der Waals surface area (Å²) in [5, 5.41) is 2.67. The molecule has 2 aromatic heterocycles. The molecule has 0 radical (unpaired) electrons. The van der Waals surface area contributed by atoms with Gasteiger partial charge >= 0.3 is 0 Å². The van der Waals surface area contributed by atoms with Gasteiger partial charge in [0, 0.05) is 49.8 Å². The summed E-state index contributed by atoms with van der Waals surface area (Å²) < 4.78 is 65.2. The number of halogens is 2. The van der Waals surface area contributed by atoms with Gasteiger partial charge in [-0.1, -0.05) is 13.3 Å². The number of fused-ring (bicyclic) bond motifs is 2. The zero-order valence-electron chi connectivity index (χ0n) is 21.1. The molecule has 2 aliphatic rings. The lowest BCUT2D eigenvalue weighted by Gasteiger charge is -2.46. The Hall–Kier alpha value is -3.38. The molecule has 2 aliphatic heterocycles. The number of hydrogen-bond acceptors (Lipinski definition) is 9. The number of pyridine rings is 1. The average Bonchev–Trinajstić information content (AvgIpc) is 2.87. The van der Waals surface area contributed by atoms with Crippen molar-refractivity contribution < 1.29 is 26.7 Å². The number of sulfone groups is 1. The third-order valence-electron chi connectivity index (χ3n) is 6.76. The third-order valence-corrected chi connectivity index (χ3v) is 7.87. The molecule has 1 aromatic carbocycles. The van der Waals surface area contributed by atoms with Crippen molar-refractivity contribution >= 4 is 27.2 Å². The van der Waals surface area contributed by atoms with Gasteiger partial charge in [-0.25, -0.2) is 27.8 Å². The summed E-state index contributed by atoms with van der Waals surface area (Å²) in [6, 6.07) is 4.76. The SMILES string of the molecule is CCCc1cnc(N2CC3COCC(C2)C3Oc2nccc(Nc3ccc(S(C)(=O)=O)cc3F)c2F)nc1. The number of nitrogens with zero attached hydrogens (tertiary/aromatic N) is 4. The maximum absolute atomic E-state index is 15.4. The predicted octanol–water partition coefficient (Wildman–Crippen LogP) is 3.78. The quantitative estimate of drug-likeness (QED) is 0.453. The number of ether oxygens (including phenoxy) is 2. The van der Waals surface area contributed by atoms with E-state index >= 15 is 4.39 Å². The summed E-state index contributed by atoms with van der Waals surface area (Å²) in [7, 11) is -3.57. The maximum atomic E-state index is 15.4. The van der Waals surface area contributed by atoms with Gasteiger partial charge in [-0.3, -0.25) is 0 Å². The molecule has 3 aromatic rings. The van der Waals surface area contributed by atoms with Gasteiger partial charge in [0.05, 0.1) is 29.5 Å². The van der Waals surface area contributed by atoms with Crippen molar-refractivity contribution in [3.63, 3.8) is 0 Å². The Morgan fingerprint density at radius 2 is 1.79 bits per heavy atom. The van der Waals surface area contributed by atoms with Crippen molar-refractivity contribution in [1.82, 2.24) is 15.0 Å². The van der Waals surface area contributed by atoms with Gasteiger partial charge in [-0.15, -0.1) is 0 Å². The van der Waals surface area contributed by atoms with E-state index in [1.54, 1.807) is 0 Å². The lowest BCUT2D eigenvalue weighted by atomic mass is 9.84. The Labute approximate surface area is 220 Å². The molecule has 38 heavy (non-hydrogen) atoms. The van der Waals surface area contributed by atoms with Gasteiger partial charge in [0.15, 0.2) is 9.84 Å². The van der Waals surface area contributed by atoms with Gasteiger partial charge in [-0.05, 0) is 36.2 Å². The lowest BCUT2D eigenvalue weighted by Crippen LogP contribution is -2.58. The minimum atomic E-state index is -3.57. The van der Waals surface area contributed by atoms with Crippen LogP contribution in [-0.4, -0.2) is 62.0 Å². The van der Waals surface area contributed by atoms with E-state index in [1.165, 1.54) is 24.4 Å². The highest BCUT2D eigenvalue weighted by Gasteiger charge is 2.43. The summed E-state index contributed by atoms with van der Waals surface area (Å²) in [5.74, 6) is -1.25. The monoisotopic (exact) mass is 545 g/mol. The highest BCUT2D eigenvalue weighted by Crippen LogP contribution is 2.35. The van der Waals surface area contributed by atoms with Crippen LogP contribution in [0.4, 0.5) is 26.1 Å². The van der Waals surface area contributed by atoms with Gasteiger partial charge in [0.25, 0.3) is 5.88 Å². The Morgan fingerprint density at radius 1 is 1.08 bits per heavy atom. The second-order valence-electron chi connectivity index (χ2n) is 9.70. The number of rotatable bonds is 8. The average molecular weight is 546 g/mol. The van der Waals surface area contributed by atoms with E-state index in [1.807, 2.05) is 12.4 Å². The first-order valence-corrected chi connectivity index (χ1v) is 14.3. The number of aryl methyl sites for hydroxylation is 1. The van der Waals surface area contributed by atoms with Gasteiger partial charge < -0.3 is 19.7 Å². The van der Waals surface area contributed by atoms with Crippen molar-refractivity contribution in [2.75, 3.05) is 42.8 Å². The first kappa shape index (κ1) is 26.2. The molecule has 0 aliphatic carbocycles. The van der Waals surface area contributed by atoms with Crippen LogP contribution in [0.5, 0.6) is 5.88 Å². The molecule has 9 nitrogen and oxygen atoms in total. The molecule has 202 valence electrons. The second kappa shape index (κ2) is 10.8. The van der Waals surface area contributed by atoms with Crippen molar-refractivity contribution in [3.8, 4) is 5.88 Å². The summed E-state index contributed by atoms with van der Waals surface area (Å²) in [5.41, 5.74) is 0.983. The third kappa shape index (κ3) is 5.56. The molecule has 0 spiro atoms. The first-order chi connectivity index (χ1) is 18.2. The number of nitrogens with one attached hydrogen (secondary N) is 1. The number of aromatic nitrogens is 3. The summed E-state index contributed by atoms with van der Waals surface area (Å²) in [4.78, 5) is 15.1. The van der Waals surface area contributed by atoms with E-state index in [9.17, 15) is 12.8 Å². The van der Waals surface area contributed by atoms with Crippen molar-refractivity contribution in [2.45, 2.75) is 30.8 Å². The van der Waals surface area contributed by atoms with Crippen molar-refractivity contribution in [2.24, 2.45) is 11.8 Å². The van der Waals surface area contributed by atoms with Crippen LogP contribution < -0.4 is 15.0 Å². The van der Waals surface area contributed by atoms with E-state index < -0.39 is 21.5 Å². The highest BCUT2D eigenvalue weighted by molar-refractivity contribution is 7.90. The van der Waals surface area contributed by atoms with Crippen LogP contribution in [0.2, 0.25) is 0 Å². The van der Waals surface area contributed by atoms with Crippen molar-refractivity contribution in [3.05, 3.63) is 60.1 Å². The molecule has 12 heteroatoms. The topological polar surface area (TPSA) is 107 Å². The van der Waals surface area contributed by atoms with E-state index in [0.717, 1.165) is 30.7 Å². The molecule has 2 saturated heterocycles. The molecular weight excluding hydrogens is 516 g/mol. The second-order valence-corrected chi connectivity index (χ2v) is 11.7. The van der Waals surface area contributed by atoms with E-state index in [4.69, 9.17) is 9.47 Å².